The van der Waals surface area contributed by atoms with Gasteiger partial charge in [-0.25, -0.2) is 0 Å². The van der Waals surface area contributed by atoms with Gasteiger partial charge in [0.05, 0.1) is 6.61 Å². The van der Waals surface area contributed by atoms with Crippen LogP contribution in [-0.2, 0) is 6.61 Å². The van der Waals surface area contributed by atoms with Crippen LogP contribution < -0.4 is 15.2 Å². The summed E-state index contributed by atoms with van der Waals surface area (Å²) in [6.07, 6.45) is 1.37. The Bertz CT molecular complexity index is 563. The number of benzene rings is 1. The molecule has 0 aliphatic heterocycles. The molecule has 0 saturated carbocycles. The smallest absolute Gasteiger partial charge is 0.244 e. The third-order valence-electron chi connectivity index (χ3n) is 2.36. The Morgan fingerprint density at radius 1 is 1.21 bits per heavy atom. The molecule has 0 bridgehead atoms. The van der Waals surface area contributed by atoms with Crippen molar-refractivity contribution in [1.82, 2.24) is 9.97 Å². The van der Waals surface area contributed by atoms with Crippen molar-refractivity contribution < 1.29 is 9.47 Å². The zero-order valence-electron chi connectivity index (χ0n) is 10.5. The number of halogens is 1. The van der Waals surface area contributed by atoms with Crippen LogP contribution in [0, 0.1) is 0 Å². The molecule has 19 heavy (non-hydrogen) atoms. The van der Waals surface area contributed by atoms with Crippen LogP contribution in [0.3, 0.4) is 0 Å². The van der Waals surface area contributed by atoms with Gasteiger partial charge in [-0.1, -0.05) is 28.1 Å². The van der Waals surface area contributed by atoms with Crippen LogP contribution in [0.2, 0.25) is 0 Å². The Morgan fingerprint density at radius 3 is 2.63 bits per heavy atom. The van der Waals surface area contributed by atoms with Crippen LogP contribution in [0.15, 0.2) is 35.1 Å². The average Bonchev–Trinajstić information content (AvgIpc) is 2.40. The fraction of sp³-hybridized carbons (Fsp3) is 0.231. The van der Waals surface area contributed by atoms with Crippen molar-refractivity contribution in [3.8, 4) is 11.8 Å². The molecular formula is C13H14BrN3O2. The maximum Gasteiger partial charge on any atom is 0.244 e. The third kappa shape index (κ3) is 3.57. The fourth-order valence-electron chi connectivity index (χ4n) is 1.51. The summed E-state index contributed by atoms with van der Waals surface area (Å²) in [6.45, 7) is 2.74. The summed E-state index contributed by atoms with van der Waals surface area (Å²) in [5.74, 6) is 0.681. The number of hydrogen-bond acceptors (Lipinski definition) is 5. The Morgan fingerprint density at radius 2 is 1.95 bits per heavy atom. The van der Waals surface area contributed by atoms with Gasteiger partial charge in [0.1, 0.15) is 12.9 Å². The van der Waals surface area contributed by atoms with Gasteiger partial charge >= 0.3 is 0 Å². The molecule has 100 valence electrons. The minimum absolute atomic E-state index is 0.319. The van der Waals surface area contributed by atoms with E-state index >= 15 is 0 Å². The molecule has 1 aromatic carbocycles. The quantitative estimate of drug-likeness (QED) is 0.916. The summed E-state index contributed by atoms with van der Waals surface area (Å²) in [5, 5.41) is 0. The summed E-state index contributed by atoms with van der Waals surface area (Å²) < 4.78 is 11.9. The number of anilines is 1. The van der Waals surface area contributed by atoms with Crippen LogP contribution in [0.5, 0.6) is 11.8 Å². The van der Waals surface area contributed by atoms with Crippen LogP contribution in [0.1, 0.15) is 12.5 Å². The summed E-state index contributed by atoms with van der Waals surface area (Å²) >= 11 is 3.41. The van der Waals surface area contributed by atoms with E-state index in [0.717, 1.165) is 10.0 Å². The van der Waals surface area contributed by atoms with Crippen LogP contribution in [-0.4, -0.2) is 16.6 Å². The summed E-state index contributed by atoms with van der Waals surface area (Å²) in [4.78, 5) is 7.96. The minimum atomic E-state index is 0.319. The number of hydrogen-bond donors (Lipinski definition) is 1. The fourth-order valence-corrected chi connectivity index (χ4v) is 1.96. The highest BCUT2D eigenvalue weighted by atomic mass is 79.9. The SMILES string of the molecule is CCOc1ncnc(OCc2cccc(Br)c2)c1N. The average molecular weight is 324 g/mol. The number of rotatable bonds is 5. The molecule has 2 rings (SSSR count). The highest BCUT2D eigenvalue weighted by molar-refractivity contribution is 9.10. The zero-order chi connectivity index (χ0) is 13.7. The predicted octanol–water partition coefficient (Wildman–Crippen LogP) is 2.80. The van der Waals surface area contributed by atoms with Gasteiger partial charge in [0, 0.05) is 4.47 Å². The molecule has 6 heteroatoms. The Balaban J connectivity index is 2.09. The van der Waals surface area contributed by atoms with Gasteiger partial charge in [-0.05, 0) is 24.6 Å². The lowest BCUT2D eigenvalue weighted by atomic mass is 10.2. The highest BCUT2D eigenvalue weighted by Gasteiger charge is 2.10. The van der Waals surface area contributed by atoms with E-state index in [0.29, 0.717) is 30.7 Å². The number of ether oxygens (including phenoxy) is 2. The molecule has 0 amide bonds. The summed E-state index contributed by atoms with van der Waals surface area (Å²) in [5.41, 5.74) is 7.22. The monoisotopic (exact) mass is 323 g/mol. The third-order valence-corrected chi connectivity index (χ3v) is 2.85. The molecule has 0 atom stereocenters. The molecule has 1 aromatic heterocycles. The van der Waals surface area contributed by atoms with Crippen LogP contribution in [0.4, 0.5) is 5.69 Å². The van der Waals surface area contributed by atoms with Crippen LogP contribution in [0.25, 0.3) is 0 Å². The standard InChI is InChI=1S/C13H14BrN3O2/c1-2-18-12-11(15)13(17-8-16-12)19-7-9-4-3-5-10(14)6-9/h3-6,8H,2,7,15H2,1H3. The second kappa shape index (κ2) is 6.38. The first-order valence-electron chi connectivity index (χ1n) is 5.81. The van der Waals surface area contributed by atoms with Crippen molar-refractivity contribution >= 4 is 21.6 Å². The maximum absolute atomic E-state index is 5.88. The minimum Gasteiger partial charge on any atom is -0.476 e. The van der Waals surface area contributed by atoms with Gasteiger partial charge < -0.3 is 15.2 Å². The van der Waals surface area contributed by atoms with Crippen molar-refractivity contribution in [3.05, 3.63) is 40.6 Å². The van der Waals surface area contributed by atoms with E-state index in [-0.39, 0.29) is 0 Å². The van der Waals surface area contributed by atoms with Crippen molar-refractivity contribution in [2.75, 3.05) is 12.3 Å². The molecule has 0 aliphatic rings. The van der Waals surface area contributed by atoms with Crippen molar-refractivity contribution in [2.24, 2.45) is 0 Å². The van der Waals surface area contributed by atoms with Gasteiger partial charge in [-0.3, -0.25) is 0 Å². The lowest BCUT2D eigenvalue weighted by Gasteiger charge is -2.10. The number of nitrogens with zero attached hydrogens (tertiary/aromatic N) is 2. The lowest BCUT2D eigenvalue weighted by molar-refractivity contribution is 0.287. The Kier molecular flexibility index (Phi) is 4.57. The molecule has 1 heterocycles. The van der Waals surface area contributed by atoms with E-state index in [1.54, 1.807) is 0 Å². The van der Waals surface area contributed by atoms with Crippen molar-refractivity contribution in [2.45, 2.75) is 13.5 Å². The van der Waals surface area contributed by atoms with E-state index in [2.05, 4.69) is 25.9 Å². The normalized spacial score (nSPS) is 10.2. The number of nitrogens with two attached hydrogens (primary N) is 1. The van der Waals surface area contributed by atoms with E-state index < -0.39 is 0 Å². The second-order valence-corrected chi connectivity index (χ2v) is 4.66. The molecule has 0 radical (unpaired) electrons. The van der Waals surface area contributed by atoms with Crippen molar-refractivity contribution in [3.63, 3.8) is 0 Å². The topological polar surface area (TPSA) is 70.3 Å². The molecule has 0 unspecified atom stereocenters. The Labute approximate surface area is 119 Å². The largest absolute Gasteiger partial charge is 0.476 e. The predicted molar refractivity (Wildman–Crippen MR) is 76.1 cm³/mol. The molecule has 2 aromatic rings. The first-order valence-corrected chi connectivity index (χ1v) is 6.60. The number of aromatic nitrogens is 2. The molecule has 5 nitrogen and oxygen atoms in total. The molecule has 0 fully saturated rings. The summed E-state index contributed by atoms with van der Waals surface area (Å²) in [7, 11) is 0. The lowest BCUT2D eigenvalue weighted by Crippen LogP contribution is -2.05. The zero-order valence-corrected chi connectivity index (χ0v) is 12.1. The van der Waals surface area contributed by atoms with Gasteiger partial charge in [0.25, 0.3) is 0 Å². The highest BCUT2D eigenvalue weighted by Crippen LogP contribution is 2.27. The molecular weight excluding hydrogens is 310 g/mol. The van der Waals surface area contributed by atoms with Gasteiger partial charge in [-0.15, -0.1) is 0 Å². The van der Waals surface area contributed by atoms with Gasteiger partial charge in [0.2, 0.25) is 11.8 Å². The van der Waals surface area contributed by atoms with Gasteiger partial charge in [0.15, 0.2) is 5.69 Å². The molecule has 2 N–H and O–H groups in total. The maximum atomic E-state index is 5.88. The molecule has 0 saturated heterocycles. The van der Waals surface area contributed by atoms with Gasteiger partial charge in [-0.2, -0.15) is 9.97 Å². The summed E-state index contributed by atoms with van der Waals surface area (Å²) in [6, 6.07) is 7.83. The van der Waals surface area contributed by atoms with E-state index in [1.165, 1.54) is 6.33 Å². The van der Waals surface area contributed by atoms with Crippen molar-refractivity contribution in [1.29, 1.82) is 0 Å². The van der Waals surface area contributed by atoms with E-state index in [9.17, 15) is 0 Å². The Hall–Kier alpha value is -1.82. The first-order chi connectivity index (χ1) is 9.20. The van der Waals surface area contributed by atoms with E-state index in [1.807, 2.05) is 31.2 Å². The van der Waals surface area contributed by atoms with E-state index in [4.69, 9.17) is 15.2 Å². The molecule has 0 aliphatic carbocycles. The molecule has 0 spiro atoms. The first kappa shape index (κ1) is 13.6. The second-order valence-electron chi connectivity index (χ2n) is 3.75. The van der Waals surface area contributed by atoms with Crippen LogP contribution >= 0.6 is 15.9 Å². The number of nitrogen functional groups attached to an aromatic ring is 1.